The summed E-state index contributed by atoms with van der Waals surface area (Å²) in [5.74, 6) is 6.47. The molecule has 1 aromatic rings. The second-order valence-corrected chi connectivity index (χ2v) is 3.19. The van der Waals surface area contributed by atoms with Crippen LogP contribution in [0.1, 0.15) is 18.4 Å². The van der Waals surface area contributed by atoms with Crippen molar-refractivity contribution in [3.63, 3.8) is 0 Å². The van der Waals surface area contributed by atoms with Gasteiger partial charge in [0.2, 0.25) is 0 Å². The van der Waals surface area contributed by atoms with Gasteiger partial charge in [-0.05, 0) is 24.3 Å². The lowest BCUT2D eigenvalue weighted by molar-refractivity contribution is 0.289. The number of rotatable bonds is 5. The molecule has 16 heavy (non-hydrogen) atoms. The number of hydrogen-bond acceptors (Lipinski definition) is 2. The molecule has 0 spiro atoms. The van der Waals surface area contributed by atoms with Crippen molar-refractivity contribution >= 4 is 0 Å². The number of aliphatic hydroxyl groups is 1. The second-order valence-electron chi connectivity index (χ2n) is 3.19. The van der Waals surface area contributed by atoms with Crippen LogP contribution in [-0.4, -0.2) is 25.0 Å². The van der Waals surface area contributed by atoms with Crippen molar-refractivity contribution in [2.45, 2.75) is 12.8 Å². The molecule has 0 aliphatic heterocycles. The second kappa shape index (κ2) is 7.72. The summed E-state index contributed by atoms with van der Waals surface area (Å²) < 4.78 is 17.1. The first-order valence-electron chi connectivity index (χ1n) is 5.25. The fourth-order valence-corrected chi connectivity index (χ4v) is 1.10. The third-order valence-electron chi connectivity index (χ3n) is 1.87. The SMILES string of the molecule is OCCC#Cc1ccc(OCCCF)cc1. The Morgan fingerprint density at radius 2 is 2.00 bits per heavy atom. The highest BCUT2D eigenvalue weighted by Crippen LogP contribution is 2.11. The van der Waals surface area contributed by atoms with Crippen molar-refractivity contribution in [1.29, 1.82) is 0 Å². The molecule has 0 unspecified atom stereocenters. The summed E-state index contributed by atoms with van der Waals surface area (Å²) in [6.07, 6.45) is 0.896. The maximum atomic E-state index is 11.8. The zero-order chi connectivity index (χ0) is 11.6. The lowest BCUT2D eigenvalue weighted by atomic mass is 10.2. The third-order valence-corrected chi connectivity index (χ3v) is 1.87. The highest BCUT2D eigenvalue weighted by molar-refractivity contribution is 5.38. The first-order chi connectivity index (χ1) is 7.86. The van der Waals surface area contributed by atoms with E-state index in [1.165, 1.54) is 0 Å². The average molecular weight is 222 g/mol. The third kappa shape index (κ3) is 4.81. The topological polar surface area (TPSA) is 29.5 Å². The van der Waals surface area contributed by atoms with E-state index < -0.39 is 0 Å². The van der Waals surface area contributed by atoms with Gasteiger partial charge in [0.15, 0.2) is 0 Å². The summed E-state index contributed by atoms with van der Waals surface area (Å²) in [6.45, 7) is 0.119. The molecule has 1 N–H and O–H groups in total. The first-order valence-corrected chi connectivity index (χ1v) is 5.25. The summed E-state index contributed by atoms with van der Waals surface area (Å²) in [6, 6.07) is 7.30. The van der Waals surface area contributed by atoms with Crippen LogP contribution in [0.25, 0.3) is 0 Å². The number of halogens is 1. The smallest absolute Gasteiger partial charge is 0.119 e. The fourth-order valence-electron chi connectivity index (χ4n) is 1.10. The molecule has 86 valence electrons. The van der Waals surface area contributed by atoms with Crippen LogP contribution in [-0.2, 0) is 0 Å². The van der Waals surface area contributed by atoms with E-state index in [0.717, 1.165) is 11.3 Å². The molecule has 0 aromatic heterocycles. The van der Waals surface area contributed by atoms with E-state index in [2.05, 4.69) is 11.8 Å². The van der Waals surface area contributed by atoms with Gasteiger partial charge in [0.25, 0.3) is 0 Å². The predicted molar refractivity (Wildman–Crippen MR) is 61.1 cm³/mol. The van der Waals surface area contributed by atoms with Crippen LogP contribution < -0.4 is 4.74 Å². The number of benzene rings is 1. The Bertz CT molecular complexity index is 348. The molecule has 0 saturated carbocycles. The summed E-state index contributed by atoms with van der Waals surface area (Å²) in [4.78, 5) is 0. The van der Waals surface area contributed by atoms with Crippen molar-refractivity contribution in [2.75, 3.05) is 19.9 Å². The van der Waals surface area contributed by atoms with E-state index in [9.17, 15) is 4.39 Å². The molecular weight excluding hydrogens is 207 g/mol. The molecule has 0 amide bonds. The number of ether oxygens (including phenoxy) is 1. The van der Waals surface area contributed by atoms with Crippen molar-refractivity contribution in [2.24, 2.45) is 0 Å². The quantitative estimate of drug-likeness (QED) is 0.611. The standard InChI is InChI=1S/C13H15FO2/c14-9-3-11-16-13-7-5-12(6-8-13)4-1-2-10-15/h5-8,15H,2-3,9-11H2. The van der Waals surface area contributed by atoms with Gasteiger partial charge >= 0.3 is 0 Å². The van der Waals surface area contributed by atoms with E-state index in [0.29, 0.717) is 19.4 Å². The number of hydrogen-bond donors (Lipinski definition) is 1. The monoisotopic (exact) mass is 222 g/mol. The van der Waals surface area contributed by atoms with Crippen molar-refractivity contribution in [1.82, 2.24) is 0 Å². The molecule has 3 heteroatoms. The Balaban J connectivity index is 2.45. The van der Waals surface area contributed by atoms with Crippen LogP contribution in [0.3, 0.4) is 0 Å². The van der Waals surface area contributed by atoms with Gasteiger partial charge in [0.1, 0.15) is 5.75 Å². The minimum Gasteiger partial charge on any atom is -0.493 e. The molecule has 1 aromatic carbocycles. The van der Waals surface area contributed by atoms with Gasteiger partial charge in [-0.3, -0.25) is 4.39 Å². The number of aliphatic hydroxyl groups excluding tert-OH is 1. The van der Waals surface area contributed by atoms with Crippen LogP contribution >= 0.6 is 0 Å². The molecule has 0 radical (unpaired) electrons. The zero-order valence-corrected chi connectivity index (χ0v) is 9.08. The van der Waals surface area contributed by atoms with E-state index in [4.69, 9.17) is 9.84 Å². The maximum Gasteiger partial charge on any atom is 0.119 e. The Labute approximate surface area is 95.1 Å². The van der Waals surface area contributed by atoms with Crippen molar-refractivity contribution in [3.8, 4) is 17.6 Å². The van der Waals surface area contributed by atoms with Crippen LogP contribution in [0.5, 0.6) is 5.75 Å². The van der Waals surface area contributed by atoms with Gasteiger partial charge in [-0.1, -0.05) is 11.8 Å². The highest BCUT2D eigenvalue weighted by Gasteiger charge is 1.93. The normalized spacial score (nSPS) is 9.38. The van der Waals surface area contributed by atoms with Gasteiger partial charge in [0, 0.05) is 18.4 Å². The molecule has 2 nitrogen and oxygen atoms in total. The van der Waals surface area contributed by atoms with Gasteiger partial charge < -0.3 is 9.84 Å². The summed E-state index contributed by atoms with van der Waals surface area (Å²) in [5.41, 5.74) is 0.881. The Kier molecular flexibility index (Phi) is 6.05. The molecule has 0 atom stereocenters. The minimum atomic E-state index is -0.356. The number of alkyl halides is 1. The van der Waals surface area contributed by atoms with Gasteiger partial charge in [-0.25, -0.2) is 0 Å². The Morgan fingerprint density at radius 1 is 1.25 bits per heavy atom. The molecule has 0 bridgehead atoms. The fraction of sp³-hybridized carbons (Fsp3) is 0.385. The van der Waals surface area contributed by atoms with E-state index >= 15 is 0 Å². The van der Waals surface area contributed by atoms with Crippen LogP contribution in [0.4, 0.5) is 4.39 Å². The largest absolute Gasteiger partial charge is 0.493 e. The summed E-state index contributed by atoms with van der Waals surface area (Å²) in [5, 5.41) is 8.56. The van der Waals surface area contributed by atoms with Crippen LogP contribution in [0.15, 0.2) is 24.3 Å². The highest BCUT2D eigenvalue weighted by atomic mass is 19.1. The molecule has 0 heterocycles. The molecule has 0 fully saturated rings. The lowest BCUT2D eigenvalue weighted by Gasteiger charge is -2.03. The maximum absolute atomic E-state index is 11.8. The van der Waals surface area contributed by atoms with Gasteiger partial charge in [-0.2, -0.15) is 0 Å². The minimum absolute atomic E-state index is 0.0808. The lowest BCUT2D eigenvalue weighted by Crippen LogP contribution is -1.97. The Hall–Kier alpha value is -1.53. The molecule has 0 aliphatic rings. The van der Waals surface area contributed by atoms with E-state index in [1.807, 2.05) is 12.1 Å². The van der Waals surface area contributed by atoms with Crippen LogP contribution in [0.2, 0.25) is 0 Å². The van der Waals surface area contributed by atoms with Gasteiger partial charge in [0.05, 0.1) is 19.9 Å². The van der Waals surface area contributed by atoms with Crippen LogP contribution in [0, 0.1) is 11.8 Å². The van der Waals surface area contributed by atoms with Crippen molar-refractivity contribution in [3.05, 3.63) is 29.8 Å². The molecule has 0 aliphatic carbocycles. The average Bonchev–Trinajstić information content (AvgIpc) is 2.32. The summed E-state index contributed by atoms with van der Waals surface area (Å²) >= 11 is 0. The first kappa shape index (κ1) is 12.5. The van der Waals surface area contributed by atoms with Crippen molar-refractivity contribution < 1.29 is 14.2 Å². The van der Waals surface area contributed by atoms with E-state index in [-0.39, 0.29) is 13.3 Å². The molecular formula is C13H15FO2. The molecule has 0 saturated heterocycles. The van der Waals surface area contributed by atoms with Gasteiger partial charge in [-0.15, -0.1) is 0 Å². The van der Waals surface area contributed by atoms with E-state index in [1.54, 1.807) is 12.1 Å². The summed E-state index contributed by atoms with van der Waals surface area (Å²) in [7, 11) is 0. The molecule has 1 rings (SSSR count). The Morgan fingerprint density at radius 3 is 2.62 bits per heavy atom. The zero-order valence-electron chi connectivity index (χ0n) is 9.08. The predicted octanol–water partition coefficient (Wildman–Crippen LogP) is 2.16.